The third-order valence-corrected chi connectivity index (χ3v) is 2.59. The van der Waals surface area contributed by atoms with Crippen LogP contribution in [0.3, 0.4) is 0 Å². The molecule has 0 bridgehead atoms. The number of esters is 1. The molecule has 0 aliphatic heterocycles. The van der Waals surface area contributed by atoms with Gasteiger partial charge in [-0.1, -0.05) is 0 Å². The zero-order valence-electron chi connectivity index (χ0n) is 10.4. The van der Waals surface area contributed by atoms with Crippen LogP contribution in [0.5, 0.6) is 0 Å². The zero-order chi connectivity index (χ0) is 13.8. The average molecular weight is 264 g/mol. The first-order valence-corrected chi connectivity index (χ1v) is 5.71. The molecule has 0 spiro atoms. The molecule has 100 valence electrons. The van der Waals surface area contributed by atoms with Gasteiger partial charge in [-0.05, 0) is 18.2 Å². The maximum atomic E-state index is 13.2. The maximum absolute atomic E-state index is 13.2. The summed E-state index contributed by atoms with van der Waals surface area (Å²) in [5.74, 6) is -1.01. The SMILES string of the molecule is CC(=O)OCNCC(=O)c1ccn2ccc(F)cc12. The number of carbonyl (C=O) groups is 2. The van der Waals surface area contributed by atoms with Crippen molar-refractivity contribution in [1.29, 1.82) is 0 Å². The number of fused-ring (bicyclic) bond motifs is 1. The molecule has 1 N–H and O–H groups in total. The van der Waals surface area contributed by atoms with Crippen molar-refractivity contribution in [3.8, 4) is 0 Å². The lowest BCUT2D eigenvalue weighted by Crippen LogP contribution is -2.26. The molecule has 0 aromatic carbocycles. The normalized spacial score (nSPS) is 10.6. The first-order valence-electron chi connectivity index (χ1n) is 5.71. The van der Waals surface area contributed by atoms with E-state index in [1.54, 1.807) is 22.9 Å². The Labute approximate surface area is 109 Å². The van der Waals surface area contributed by atoms with Crippen molar-refractivity contribution in [1.82, 2.24) is 9.72 Å². The predicted molar refractivity (Wildman–Crippen MR) is 66.3 cm³/mol. The topological polar surface area (TPSA) is 59.8 Å². The zero-order valence-corrected chi connectivity index (χ0v) is 10.4. The van der Waals surface area contributed by atoms with E-state index in [2.05, 4.69) is 10.1 Å². The Balaban J connectivity index is 2.05. The van der Waals surface area contributed by atoms with Crippen LogP contribution in [0.25, 0.3) is 5.52 Å². The molecule has 0 fully saturated rings. The Morgan fingerprint density at radius 1 is 1.37 bits per heavy atom. The Morgan fingerprint density at radius 3 is 2.84 bits per heavy atom. The number of nitrogens with one attached hydrogen (secondary N) is 1. The number of Topliss-reactive ketones (excluding diaryl/α,β-unsaturated/α-hetero) is 1. The highest BCUT2D eigenvalue weighted by Crippen LogP contribution is 2.14. The third kappa shape index (κ3) is 3.17. The number of ketones is 1. The van der Waals surface area contributed by atoms with Crippen molar-refractivity contribution in [2.45, 2.75) is 6.92 Å². The number of pyridine rings is 1. The molecule has 0 aliphatic rings. The molecule has 2 rings (SSSR count). The summed E-state index contributed by atoms with van der Waals surface area (Å²) in [6.07, 6.45) is 3.24. The molecule has 6 heteroatoms. The van der Waals surface area contributed by atoms with Gasteiger partial charge in [0.05, 0.1) is 12.1 Å². The molecule has 0 saturated carbocycles. The quantitative estimate of drug-likeness (QED) is 0.383. The molecular formula is C13H13FN2O3. The van der Waals surface area contributed by atoms with Crippen LogP contribution < -0.4 is 5.32 Å². The Morgan fingerprint density at radius 2 is 2.11 bits per heavy atom. The van der Waals surface area contributed by atoms with Crippen LogP contribution in [0.1, 0.15) is 17.3 Å². The van der Waals surface area contributed by atoms with E-state index in [4.69, 9.17) is 0 Å². The van der Waals surface area contributed by atoms with E-state index >= 15 is 0 Å². The summed E-state index contributed by atoms with van der Waals surface area (Å²) in [6.45, 7) is 1.28. The van der Waals surface area contributed by atoms with Crippen LogP contribution >= 0.6 is 0 Å². The van der Waals surface area contributed by atoms with Gasteiger partial charge in [0.2, 0.25) is 0 Å². The minimum atomic E-state index is -0.420. The molecule has 0 saturated heterocycles. The molecule has 0 amide bonds. The van der Waals surface area contributed by atoms with Gasteiger partial charge in [0.15, 0.2) is 5.78 Å². The van der Waals surface area contributed by atoms with Crippen molar-refractivity contribution in [2.24, 2.45) is 0 Å². The van der Waals surface area contributed by atoms with E-state index in [9.17, 15) is 14.0 Å². The van der Waals surface area contributed by atoms with Crippen molar-refractivity contribution in [3.05, 3.63) is 42.0 Å². The molecule has 5 nitrogen and oxygen atoms in total. The predicted octanol–water partition coefficient (Wildman–Crippen LogP) is 1.37. The fourth-order valence-corrected chi connectivity index (χ4v) is 1.72. The van der Waals surface area contributed by atoms with Gasteiger partial charge >= 0.3 is 5.97 Å². The van der Waals surface area contributed by atoms with Gasteiger partial charge < -0.3 is 9.14 Å². The highest BCUT2D eigenvalue weighted by atomic mass is 19.1. The largest absolute Gasteiger partial charge is 0.450 e. The van der Waals surface area contributed by atoms with Crippen LogP contribution in [0, 0.1) is 5.82 Å². The number of ether oxygens (including phenoxy) is 1. The molecular weight excluding hydrogens is 251 g/mol. The molecule has 2 aromatic rings. The van der Waals surface area contributed by atoms with Gasteiger partial charge in [-0.15, -0.1) is 0 Å². The summed E-state index contributed by atoms with van der Waals surface area (Å²) in [5, 5.41) is 2.69. The second kappa shape index (κ2) is 5.62. The molecule has 0 unspecified atom stereocenters. The average Bonchev–Trinajstić information content (AvgIpc) is 2.77. The number of nitrogens with zero attached hydrogens (tertiary/aromatic N) is 1. The Kier molecular flexibility index (Phi) is 3.91. The first kappa shape index (κ1) is 13.2. The summed E-state index contributed by atoms with van der Waals surface area (Å²) < 4.78 is 19.5. The van der Waals surface area contributed by atoms with Crippen LogP contribution in [-0.2, 0) is 9.53 Å². The van der Waals surface area contributed by atoms with Crippen molar-refractivity contribution < 1.29 is 18.7 Å². The van der Waals surface area contributed by atoms with Crippen molar-refractivity contribution >= 4 is 17.3 Å². The monoisotopic (exact) mass is 264 g/mol. The number of aromatic nitrogens is 1. The van der Waals surface area contributed by atoms with E-state index < -0.39 is 11.8 Å². The summed E-state index contributed by atoms with van der Waals surface area (Å²) in [7, 11) is 0. The van der Waals surface area contributed by atoms with Gasteiger partial charge in [0.25, 0.3) is 0 Å². The van der Waals surface area contributed by atoms with Crippen LogP contribution in [-0.4, -0.2) is 29.4 Å². The van der Waals surface area contributed by atoms with E-state index in [1.165, 1.54) is 19.1 Å². The standard InChI is InChI=1S/C13H13FN2O3/c1-9(17)19-8-15-7-13(18)11-3-5-16-4-2-10(14)6-12(11)16/h2-6,15H,7-8H2,1H3. The second-order valence-corrected chi connectivity index (χ2v) is 4.00. The van der Waals surface area contributed by atoms with E-state index in [0.717, 1.165) is 0 Å². The third-order valence-electron chi connectivity index (χ3n) is 2.59. The van der Waals surface area contributed by atoms with E-state index in [0.29, 0.717) is 11.1 Å². The highest BCUT2D eigenvalue weighted by Gasteiger charge is 2.11. The lowest BCUT2D eigenvalue weighted by Gasteiger charge is -2.04. The van der Waals surface area contributed by atoms with Gasteiger partial charge in [0, 0.05) is 24.9 Å². The fraction of sp³-hybridized carbons (Fsp3) is 0.231. The second-order valence-electron chi connectivity index (χ2n) is 4.00. The van der Waals surface area contributed by atoms with Gasteiger partial charge in [-0.25, -0.2) is 4.39 Å². The summed E-state index contributed by atoms with van der Waals surface area (Å²) in [4.78, 5) is 22.5. The molecule has 19 heavy (non-hydrogen) atoms. The van der Waals surface area contributed by atoms with Gasteiger partial charge in [-0.3, -0.25) is 14.9 Å². The summed E-state index contributed by atoms with van der Waals surface area (Å²) >= 11 is 0. The van der Waals surface area contributed by atoms with Crippen molar-refractivity contribution in [3.63, 3.8) is 0 Å². The first-order chi connectivity index (χ1) is 9.08. The molecule has 0 radical (unpaired) electrons. The van der Waals surface area contributed by atoms with Crippen molar-refractivity contribution in [2.75, 3.05) is 13.3 Å². The summed E-state index contributed by atoms with van der Waals surface area (Å²) in [6, 6.07) is 4.25. The highest BCUT2D eigenvalue weighted by molar-refractivity contribution is 6.03. The lowest BCUT2D eigenvalue weighted by atomic mass is 10.2. The number of carbonyl (C=O) groups excluding carboxylic acids is 2. The minimum absolute atomic E-state index is 0.0173. The number of hydrogen-bond acceptors (Lipinski definition) is 4. The van der Waals surface area contributed by atoms with Gasteiger partial charge in [-0.2, -0.15) is 0 Å². The van der Waals surface area contributed by atoms with Crippen LogP contribution in [0.2, 0.25) is 0 Å². The Bertz CT molecular complexity index is 621. The fourth-order valence-electron chi connectivity index (χ4n) is 1.72. The number of rotatable bonds is 5. The van der Waals surface area contributed by atoms with Gasteiger partial charge in [0.1, 0.15) is 12.5 Å². The number of halogens is 1. The van der Waals surface area contributed by atoms with E-state index in [-0.39, 0.29) is 19.1 Å². The molecule has 2 heterocycles. The number of hydrogen-bond donors (Lipinski definition) is 1. The molecule has 0 atom stereocenters. The molecule has 0 aliphatic carbocycles. The van der Waals surface area contributed by atoms with Crippen LogP contribution in [0.4, 0.5) is 4.39 Å². The molecule has 2 aromatic heterocycles. The maximum Gasteiger partial charge on any atom is 0.303 e. The minimum Gasteiger partial charge on any atom is -0.450 e. The van der Waals surface area contributed by atoms with E-state index in [1.807, 2.05) is 0 Å². The lowest BCUT2D eigenvalue weighted by molar-refractivity contribution is -0.141. The summed E-state index contributed by atoms with van der Waals surface area (Å²) in [5.41, 5.74) is 0.939. The Hall–Kier alpha value is -2.21. The van der Waals surface area contributed by atoms with Crippen LogP contribution in [0.15, 0.2) is 30.6 Å². The smallest absolute Gasteiger partial charge is 0.303 e.